The molecular formula is C28H33N3O5S. The van der Waals surface area contributed by atoms with Crippen molar-refractivity contribution in [1.82, 2.24) is 10.2 Å². The molecule has 2 amide bonds. The minimum atomic E-state index is -4.08. The normalized spacial score (nSPS) is 11.9. The molecule has 0 saturated heterocycles. The molecule has 196 valence electrons. The number of benzene rings is 3. The molecular weight excluding hydrogens is 490 g/mol. The van der Waals surface area contributed by atoms with Crippen molar-refractivity contribution in [2.24, 2.45) is 0 Å². The van der Waals surface area contributed by atoms with E-state index >= 15 is 0 Å². The lowest BCUT2D eigenvalue weighted by atomic mass is 10.1. The quantitative estimate of drug-likeness (QED) is 0.392. The third-order valence-electron chi connectivity index (χ3n) is 6.09. The highest BCUT2D eigenvalue weighted by Crippen LogP contribution is 2.26. The van der Waals surface area contributed by atoms with Gasteiger partial charge in [0.2, 0.25) is 11.8 Å². The Kier molecular flexibility index (Phi) is 9.68. The third-order valence-corrected chi connectivity index (χ3v) is 7.88. The maximum absolute atomic E-state index is 13.8. The number of anilines is 1. The standard InChI is InChI=1S/C28H33N3O5S/c1-4-26(28(33)29-2)30(20-19-22-11-7-5-8-12-22)27(32)21-31(23-15-17-24(36-3)18-16-23)37(34,35)25-13-9-6-10-14-25/h5-18,26H,4,19-21H2,1-3H3,(H,29,33). The summed E-state index contributed by atoms with van der Waals surface area (Å²) >= 11 is 0. The van der Waals surface area contributed by atoms with Gasteiger partial charge in [-0.15, -0.1) is 0 Å². The van der Waals surface area contributed by atoms with Crippen LogP contribution in [0, 0.1) is 0 Å². The third kappa shape index (κ3) is 6.89. The SMILES string of the molecule is CCC(C(=O)NC)N(CCc1ccccc1)C(=O)CN(c1ccc(OC)cc1)S(=O)(=O)c1ccccc1. The Morgan fingerprint density at radius 1 is 0.919 bits per heavy atom. The number of nitrogens with one attached hydrogen (secondary N) is 1. The van der Waals surface area contributed by atoms with Crippen molar-refractivity contribution in [2.75, 3.05) is 31.6 Å². The van der Waals surface area contributed by atoms with Crippen LogP contribution in [0.15, 0.2) is 89.8 Å². The van der Waals surface area contributed by atoms with Gasteiger partial charge in [0.15, 0.2) is 0 Å². The number of carbonyl (C=O) groups is 2. The molecule has 8 nitrogen and oxygen atoms in total. The van der Waals surface area contributed by atoms with Crippen molar-refractivity contribution >= 4 is 27.5 Å². The van der Waals surface area contributed by atoms with E-state index in [1.165, 1.54) is 31.2 Å². The van der Waals surface area contributed by atoms with Gasteiger partial charge in [0, 0.05) is 13.6 Å². The van der Waals surface area contributed by atoms with Crippen molar-refractivity contribution in [3.05, 3.63) is 90.5 Å². The summed E-state index contributed by atoms with van der Waals surface area (Å²) in [7, 11) is -1.04. The molecule has 0 spiro atoms. The first-order valence-corrected chi connectivity index (χ1v) is 13.5. The Balaban J connectivity index is 1.99. The van der Waals surface area contributed by atoms with E-state index in [1.54, 1.807) is 42.5 Å². The van der Waals surface area contributed by atoms with Crippen LogP contribution in [-0.2, 0) is 26.0 Å². The Morgan fingerprint density at radius 2 is 1.51 bits per heavy atom. The molecule has 0 bridgehead atoms. The smallest absolute Gasteiger partial charge is 0.264 e. The van der Waals surface area contributed by atoms with E-state index in [-0.39, 0.29) is 17.3 Å². The second-order valence-corrected chi connectivity index (χ2v) is 10.2. The average Bonchev–Trinajstić information content (AvgIpc) is 2.94. The van der Waals surface area contributed by atoms with Gasteiger partial charge in [0.05, 0.1) is 17.7 Å². The number of carbonyl (C=O) groups excluding carboxylic acids is 2. The molecule has 0 radical (unpaired) electrons. The van der Waals surface area contributed by atoms with Gasteiger partial charge in [0.1, 0.15) is 18.3 Å². The second kappa shape index (κ2) is 12.9. The summed E-state index contributed by atoms with van der Waals surface area (Å²) in [5.74, 6) is -0.213. The van der Waals surface area contributed by atoms with Gasteiger partial charge < -0.3 is 15.0 Å². The maximum Gasteiger partial charge on any atom is 0.264 e. The number of amides is 2. The molecule has 0 heterocycles. The van der Waals surface area contributed by atoms with Crippen LogP contribution in [0.5, 0.6) is 5.75 Å². The zero-order valence-electron chi connectivity index (χ0n) is 21.3. The Bertz CT molecular complexity index is 1270. The summed E-state index contributed by atoms with van der Waals surface area (Å²) in [4.78, 5) is 28.0. The largest absolute Gasteiger partial charge is 0.497 e. The fourth-order valence-electron chi connectivity index (χ4n) is 4.06. The van der Waals surface area contributed by atoms with E-state index in [0.29, 0.717) is 24.3 Å². The van der Waals surface area contributed by atoms with Crippen molar-refractivity contribution in [3.8, 4) is 5.75 Å². The molecule has 0 aromatic heterocycles. The van der Waals surface area contributed by atoms with Gasteiger partial charge in [-0.2, -0.15) is 0 Å². The molecule has 9 heteroatoms. The topological polar surface area (TPSA) is 96.0 Å². The van der Waals surface area contributed by atoms with E-state index in [9.17, 15) is 18.0 Å². The number of methoxy groups -OCH3 is 1. The lowest BCUT2D eigenvalue weighted by Crippen LogP contribution is -2.52. The highest BCUT2D eigenvalue weighted by Gasteiger charge is 2.33. The number of nitrogens with zero attached hydrogens (tertiary/aromatic N) is 2. The van der Waals surface area contributed by atoms with E-state index < -0.39 is 28.5 Å². The summed E-state index contributed by atoms with van der Waals surface area (Å²) < 4.78 is 33.7. The molecule has 0 aliphatic carbocycles. The predicted molar refractivity (Wildman–Crippen MR) is 144 cm³/mol. The van der Waals surface area contributed by atoms with Crippen LogP contribution in [0.4, 0.5) is 5.69 Å². The Labute approximate surface area is 218 Å². The lowest BCUT2D eigenvalue weighted by Gasteiger charge is -2.33. The van der Waals surface area contributed by atoms with Crippen molar-refractivity contribution in [2.45, 2.75) is 30.7 Å². The summed E-state index contributed by atoms with van der Waals surface area (Å²) in [5.41, 5.74) is 1.32. The fraction of sp³-hybridized carbons (Fsp3) is 0.286. The van der Waals surface area contributed by atoms with Gasteiger partial charge in [-0.1, -0.05) is 55.5 Å². The van der Waals surface area contributed by atoms with Crippen LogP contribution in [0.2, 0.25) is 0 Å². The minimum Gasteiger partial charge on any atom is -0.497 e. The van der Waals surface area contributed by atoms with Crippen LogP contribution in [0.25, 0.3) is 0 Å². The average molecular weight is 524 g/mol. The highest BCUT2D eigenvalue weighted by atomic mass is 32.2. The zero-order valence-corrected chi connectivity index (χ0v) is 22.1. The molecule has 1 N–H and O–H groups in total. The summed E-state index contributed by atoms with van der Waals surface area (Å²) in [6.45, 7) is 1.62. The first-order chi connectivity index (χ1) is 17.8. The molecule has 3 rings (SSSR count). The summed E-state index contributed by atoms with van der Waals surface area (Å²) in [6, 6.07) is 23.3. The van der Waals surface area contributed by atoms with Crippen molar-refractivity contribution in [3.63, 3.8) is 0 Å². The molecule has 37 heavy (non-hydrogen) atoms. The van der Waals surface area contributed by atoms with E-state index in [0.717, 1.165) is 9.87 Å². The minimum absolute atomic E-state index is 0.0628. The van der Waals surface area contributed by atoms with Gasteiger partial charge in [0.25, 0.3) is 10.0 Å². The molecule has 3 aromatic carbocycles. The van der Waals surface area contributed by atoms with Crippen LogP contribution >= 0.6 is 0 Å². The van der Waals surface area contributed by atoms with Crippen LogP contribution in [-0.4, -0.2) is 58.4 Å². The first kappa shape index (κ1) is 27.7. The van der Waals surface area contributed by atoms with Crippen LogP contribution in [0.1, 0.15) is 18.9 Å². The molecule has 0 aliphatic rings. The lowest BCUT2D eigenvalue weighted by molar-refractivity contribution is -0.139. The van der Waals surface area contributed by atoms with Gasteiger partial charge in [-0.25, -0.2) is 8.42 Å². The van der Waals surface area contributed by atoms with Crippen LogP contribution < -0.4 is 14.4 Å². The molecule has 1 unspecified atom stereocenters. The Morgan fingerprint density at radius 3 is 2.05 bits per heavy atom. The Hall–Kier alpha value is -3.85. The number of ether oxygens (including phenoxy) is 1. The van der Waals surface area contributed by atoms with Gasteiger partial charge in [-0.3, -0.25) is 13.9 Å². The number of likely N-dealkylation sites (N-methyl/N-ethyl adjacent to an activating group) is 1. The van der Waals surface area contributed by atoms with Gasteiger partial charge in [-0.05, 0) is 54.8 Å². The van der Waals surface area contributed by atoms with E-state index in [2.05, 4.69) is 5.32 Å². The monoisotopic (exact) mass is 523 g/mol. The highest BCUT2D eigenvalue weighted by molar-refractivity contribution is 7.92. The predicted octanol–water partition coefficient (Wildman–Crippen LogP) is 3.49. The summed E-state index contributed by atoms with van der Waals surface area (Å²) in [5, 5.41) is 2.62. The van der Waals surface area contributed by atoms with Crippen LogP contribution in [0.3, 0.4) is 0 Å². The van der Waals surface area contributed by atoms with Crippen molar-refractivity contribution < 1.29 is 22.7 Å². The second-order valence-electron chi connectivity index (χ2n) is 8.38. The summed E-state index contributed by atoms with van der Waals surface area (Å²) in [6.07, 6.45) is 0.905. The van der Waals surface area contributed by atoms with E-state index in [1.807, 2.05) is 37.3 Å². The number of sulfonamides is 1. The molecule has 0 aliphatic heterocycles. The number of rotatable bonds is 12. The molecule has 0 saturated carbocycles. The zero-order chi connectivity index (χ0) is 26.8. The van der Waals surface area contributed by atoms with Gasteiger partial charge >= 0.3 is 0 Å². The number of hydrogen-bond acceptors (Lipinski definition) is 5. The number of hydrogen-bond donors (Lipinski definition) is 1. The maximum atomic E-state index is 13.8. The molecule has 1 atom stereocenters. The molecule has 3 aromatic rings. The van der Waals surface area contributed by atoms with Crippen molar-refractivity contribution in [1.29, 1.82) is 0 Å². The first-order valence-electron chi connectivity index (χ1n) is 12.1. The molecule has 0 fully saturated rings. The fourth-order valence-corrected chi connectivity index (χ4v) is 5.49. The van der Waals surface area contributed by atoms with E-state index in [4.69, 9.17) is 4.74 Å².